The molecule has 0 spiro atoms. The molecular formula is C14H17N3O3. The minimum absolute atomic E-state index is 0.278. The third-order valence-corrected chi connectivity index (χ3v) is 3.60. The Morgan fingerprint density at radius 1 is 1.30 bits per heavy atom. The Morgan fingerprint density at radius 2 is 2.05 bits per heavy atom. The highest BCUT2D eigenvalue weighted by Gasteiger charge is 2.37. The number of hydrogen-bond donors (Lipinski definition) is 2. The zero-order valence-corrected chi connectivity index (χ0v) is 11.3. The predicted octanol–water partition coefficient (Wildman–Crippen LogP) is 1.32. The first-order valence-electron chi connectivity index (χ1n) is 6.64. The van der Waals surface area contributed by atoms with Gasteiger partial charge in [-0.05, 0) is 38.1 Å². The van der Waals surface area contributed by atoms with E-state index in [2.05, 4.69) is 15.5 Å². The van der Waals surface area contributed by atoms with Crippen LogP contribution in [-0.4, -0.2) is 35.4 Å². The first kappa shape index (κ1) is 13.1. The van der Waals surface area contributed by atoms with Gasteiger partial charge in [-0.2, -0.15) is 4.98 Å². The molecule has 0 amide bonds. The molecule has 0 bridgehead atoms. The summed E-state index contributed by atoms with van der Waals surface area (Å²) >= 11 is 0. The summed E-state index contributed by atoms with van der Waals surface area (Å²) in [6.07, 6.45) is 1.14. The molecule has 20 heavy (non-hydrogen) atoms. The van der Waals surface area contributed by atoms with Crippen LogP contribution in [0.25, 0.3) is 11.4 Å². The lowest BCUT2D eigenvalue weighted by Crippen LogP contribution is -2.39. The van der Waals surface area contributed by atoms with E-state index in [1.54, 1.807) is 7.11 Å². The number of aliphatic hydroxyl groups is 1. The fraction of sp³-hybridized carbons (Fsp3) is 0.429. The van der Waals surface area contributed by atoms with Crippen LogP contribution in [0.2, 0.25) is 0 Å². The van der Waals surface area contributed by atoms with Crippen LogP contribution in [0.1, 0.15) is 18.7 Å². The summed E-state index contributed by atoms with van der Waals surface area (Å²) in [6.45, 7) is 1.48. The molecule has 0 atom stereocenters. The number of aromatic nitrogens is 2. The number of benzene rings is 1. The number of para-hydroxylation sites is 1. The van der Waals surface area contributed by atoms with E-state index in [1.165, 1.54) is 0 Å². The SMILES string of the molecule is COc1ccccc1-c1noc(C2(O)CCNCC2)n1. The summed E-state index contributed by atoms with van der Waals surface area (Å²) in [5.74, 6) is 1.39. The largest absolute Gasteiger partial charge is 0.496 e. The molecule has 1 aliphatic heterocycles. The molecule has 106 valence electrons. The Balaban J connectivity index is 1.94. The third-order valence-electron chi connectivity index (χ3n) is 3.60. The smallest absolute Gasteiger partial charge is 0.259 e. The molecule has 0 radical (unpaired) electrons. The maximum atomic E-state index is 10.6. The van der Waals surface area contributed by atoms with Crippen molar-refractivity contribution in [2.75, 3.05) is 20.2 Å². The second kappa shape index (κ2) is 5.22. The fourth-order valence-corrected chi connectivity index (χ4v) is 2.41. The quantitative estimate of drug-likeness (QED) is 0.879. The first-order valence-corrected chi connectivity index (χ1v) is 6.64. The Bertz CT molecular complexity index is 591. The summed E-state index contributed by atoms with van der Waals surface area (Å²) in [5.41, 5.74) is -0.277. The second-order valence-electron chi connectivity index (χ2n) is 4.91. The van der Waals surface area contributed by atoms with E-state index in [9.17, 15) is 5.11 Å². The van der Waals surface area contributed by atoms with Crippen molar-refractivity contribution in [2.24, 2.45) is 0 Å². The van der Waals surface area contributed by atoms with Gasteiger partial charge in [-0.15, -0.1) is 0 Å². The van der Waals surface area contributed by atoms with Gasteiger partial charge < -0.3 is 19.7 Å². The van der Waals surface area contributed by atoms with E-state index in [-0.39, 0.29) is 5.89 Å². The van der Waals surface area contributed by atoms with Crippen molar-refractivity contribution in [3.63, 3.8) is 0 Å². The Labute approximate surface area is 116 Å². The van der Waals surface area contributed by atoms with Gasteiger partial charge in [-0.3, -0.25) is 0 Å². The van der Waals surface area contributed by atoms with Crippen LogP contribution in [0.15, 0.2) is 28.8 Å². The van der Waals surface area contributed by atoms with Crippen molar-refractivity contribution in [2.45, 2.75) is 18.4 Å². The third kappa shape index (κ3) is 2.28. The van der Waals surface area contributed by atoms with E-state index in [0.717, 1.165) is 18.7 Å². The van der Waals surface area contributed by atoms with E-state index in [0.29, 0.717) is 24.4 Å². The zero-order chi connectivity index (χ0) is 14.0. The highest BCUT2D eigenvalue weighted by Crippen LogP contribution is 2.32. The average Bonchev–Trinajstić information content (AvgIpc) is 2.98. The second-order valence-corrected chi connectivity index (χ2v) is 4.91. The molecule has 0 aliphatic carbocycles. The molecule has 2 heterocycles. The summed E-state index contributed by atoms with van der Waals surface area (Å²) in [6, 6.07) is 7.46. The van der Waals surface area contributed by atoms with E-state index < -0.39 is 5.60 Å². The van der Waals surface area contributed by atoms with Gasteiger partial charge in [0.1, 0.15) is 11.4 Å². The number of nitrogens with one attached hydrogen (secondary N) is 1. The Hall–Kier alpha value is -1.92. The summed E-state index contributed by atoms with van der Waals surface area (Å²) in [5, 5.41) is 17.7. The zero-order valence-electron chi connectivity index (χ0n) is 11.3. The van der Waals surface area contributed by atoms with Crippen LogP contribution in [0, 0.1) is 0 Å². The maximum absolute atomic E-state index is 10.6. The van der Waals surface area contributed by atoms with Crippen LogP contribution < -0.4 is 10.1 Å². The normalized spacial score (nSPS) is 17.9. The van der Waals surface area contributed by atoms with Crippen molar-refractivity contribution >= 4 is 0 Å². The van der Waals surface area contributed by atoms with Crippen LogP contribution in [-0.2, 0) is 5.60 Å². The summed E-state index contributed by atoms with van der Waals surface area (Å²) in [4.78, 5) is 4.35. The molecule has 1 aromatic heterocycles. The van der Waals surface area contributed by atoms with Gasteiger partial charge >= 0.3 is 0 Å². The lowest BCUT2D eigenvalue weighted by molar-refractivity contribution is -0.0228. The predicted molar refractivity (Wildman–Crippen MR) is 72.3 cm³/mol. The van der Waals surface area contributed by atoms with Gasteiger partial charge in [-0.1, -0.05) is 17.3 Å². The molecular weight excluding hydrogens is 258 g/mol. The number of ether oxygens (including phenoxy) is 1. The summed E-state index contributed by atoms with van der Waals surface area (Å²) < 4.78 is 10.6. The van der Waals surface area contributed by atoms with Crippen molar-refractivity contribution in [1.82, 2.24) is 15.5 Å². The fourth-order valence-electron chi connectivity index (χ4n) is 2.41. The van der Waals surface area contributed by atoms with Gasteiger partial charge in [-0.25, -0.2) is 0 Å². The van der Waals surface area contributed by atoms with Crippen molar-refractivity contribution in [3.8, 4) is 17.1 Å². The van der Waals surface area contributed by atoms with Gasteiger partial charge in [0.25, 0.3) is 5.89 Å². The standard InChI is InChI=1S/C14H17N3O3/c1-19-11-5-3-2-4-10(11)12-16-13(20-17-12)14(18)6-8-15-9-7-14/h2-5,15,18H,6-9H2,1H3. The number of hydrogen-bond acceptors (Lipinski definition) is 6. The molecule has 3 rings (SSSR count). The van der Waals surface area contributed by atoms with Crippen LogP contribution in [0.4, 0.5) is 0 Å². The molecule has 1 fully saturated rings. The molecule has 0 saturated carbocycles. The van der Waals surface area contributed by atoms with Crippen LogP contribution in [0.5, 0.6) is 5.75 Å². The Morgan fingerprint density at radius 3 is 2.80 bits per heavy atom. The molecule has 1 aliphatic rings. The minimum Gasteiger partial charge on any atom is -0.496 e. The van der Waals surface area contributed by atoms with Gasteiger partial charge in [0, 0.05) is 0 Å². The lowest BCUT2D eigenvalue weighted by atomic mass is 9.92. The van der Waals surface area contributed by atoms with E-state index in [1.807, 2.05) is 24.3 Å². The molecule has 6 nitrogen and oxygen atoms in total. The first-order chi connectivity index (χ1) is 9.73. The lowest BCUT2D eigenvalue weighted by Gasteiger charge is -2.28. The van der Waals surface area contributed by atoms with E-state index in [4.69, 9.17) is 9.26 Å². The van der Waals surface area contributed by atoms with Crippen molar-refractivity contribution in [1.29, 1.82) is 0 Å². The molecule has 1 saturated heterocycles. The van der Waals surface area contributed by atoms with E-state index >= 15 is 0 Å². The maximum Gasteiger partial charge on any atom is 0.259 e. The number of rotatable bonds is 3. The Kier molecular flexibility index (Phi) is 3.42. The minimum atomic E-state index is -1.03. The molecule has 0 unspecified atom stereocenters. The van der Waals surface area contributed by atoms with Gasteiger partial charge in [0.2, 0.25) is 5.82 Å². The highest BCUT2D eigenvalue weighted by molar-refractivity contribution is 5.63. The van der Waals surface area contributed by atoms with Crippen LogP contribution >= 0.6 is 0 Å². The number of nitrogens with zero attached hydrogens (tertiary/aromatic N) is 2. The summed E-state index contributed by atoms with van der Waals surface area (Å²) in [7, 11) is 1.60. The number of methoxy groups -OCH3 is 1. The molecule has 1 aromatic carbocycles. The molecule has 2 aromatic rings. The topological polar surface area (TPSA) is 80.4 Å². The van der Waals surface area contributed by atoms with Gasteiger partial charge in [0.05, 0.1) is 12.7 Å². The molecule has 6 heteroatoms. The monoisotopic (exact) mass is 275 g/mol. The highest BCUT2D eigenvalue weighted by atomic mass is 16.5. The average molecular weight is 275 g/mol. The molecule has 2 N–H and O–H groups in total. The van der Waals surface area contributed by atoms with Crippen molar-refractivity contribution < 1.29 is 14.4 Å². The van der Waals surface area contributed by atoms with Crippen LogP contribution in [0.3, 0.4) is 0 Å². The van der Waals surface area contributed by atoms with Crippen molar-refractivity contribution in [3.05, 3.63) is 30.2 Å². The van der Waals surface area contributed by atoms with Gasteiger partial charge in [0.15, 0.2) is 0 Å². The number of piperidine rings is 1.